The van der Waals surface area contributed by atoms with Crippen molar-refractivity contribution < 1.29 is 4.74 Å². The lowest BCUT2D eigenvalue weighted by molar-refractivity contribution is 0.195. The molecule has 1 rings (SSSR count). The van der Waals surface area contributed by atoms with Gasteiger partial charge < -0.3 is 15.4 Å². The summed E-state index contributed by atoms with van der Waals surface area (Å²) in [5, 5.41) is 15.1. The minimum Gasteiger partial charge on any atom is -0.385 e. The Labute approximate surface area is 137 Å². The van der Waals surface area contributed by atoms with Crippen molar-refractivity contribution in [2.24, 2.45) is 4.99 Å². The number of hydrogen-bond acceptors (Lipinski definition) is 3. The molecule has 1 aromatic rings. The molecule has 6 heteroatoms. The first kappa shape index (κ1) is 18.7. The number of rotatable bonds is 6. The monoisotopic (exact) mass is 388 g/mol. The number of ether oxygens (including phenoxy) is 1. The summed E-state index contributed by atoms with van der Waals surface area (Å²) < 4.78 is 4.98. The number of guanidine groups is 1. The van der Waals surface area contributed by atoms with E-state index in [9.17, 15) is 0 Å². The molecule has 0 aliphatic heterocycles. The van der Waals surface area contributed by atoms with Crippen molar-refractivity contribution in [2.75, 3.05) is 27.3 Å². The lowest BCUT2D eigenvalue weighted by Gasteiger charge is -2.11. The Morgan fingerprint density at radius 2 is 2.00 bits per heavy atom. The molecule has 5 nitrogen and oxygen atoms in total. The molecule has 0 aliphatic rings. The van der Waals surface area contributed by atoms with Crippen molar-refractivity contribution in [1.82, 2.24) is 10.6 Å². The highest BCUT2D eigenvalue weighted by atomic mass is 127. The minimum absolute atomic E-state index is 0. The number of benzene rings is 1. The summed E-state index contributed by atoms with van der Waals surface area (Å²) in [6.07, 6.45) is 0.939. The number of nitriles is 1. The van der Waals surface area contributed by atoms with Crippen molar-refractivity contribution in [3.63, 3.8) is 0 Å². The largest absolute Gasteiger partial charge is 0.385 e. The SMILES string of the molecule is CN=C(NCCCOC)NCc1ccc(C#N)cc1.I. The van der Waals surface area contributed by atoms with Crippen molar-refractivity contribution in [2.45, 2.75) is 13.0 Å². The van der Waals surface area contributed by atoms with Crippen LogP contribution in [0, 0.1) is 11.3 Å². The molecular formula is C14H21IN4O. The number of aliphatic imine (C=N–C) groups is 1. The van der Waals surface area contributed by atoms with Gasteiger partial charge in [0.15, 0.2) is 5.96 Å². The summed E-state index contributed by atoms with van der Waals surface area (Å²) in [5.41, 5.74) is 1.78. The maximum Gasteiger partial charge on any atom is 0.191 e. The fourth-order valence-electron chi connectivity index (χ4n) is 1.53. The average molecular weight is 388 g/mol. The van der Waals surface area contributed by atoms with E-state index in [2.05, 4.69) is 21.7 Å². The zero-order valence-corrected chi connectivity index (χ0v) is 14.2. The predicted molar refractivity (Wildman–Crippen MR) is 91.3 cm³/mol. The van der Waals surface area contributed by atoms with E-state index in [-0.39, 0.29) is 24.0 Å². The normalized spacial score (nSPS) is 10.3. The molecule has 0 amide bonds. The molecule has 0 saturated carbocycles. The van der Waals surface area contributed by atoms with E-state index in [0.29, 0.717) is 12.1 Å². The molecule has 0 radical (unpaired) electrons. The van der Waals surface area contributed by atoms with Crippen LogP contribution in [0.15, 0.2) is 29.3 Å². The van der Waals surface area contributed by atoms with Crippen LogP contribution in [0.1, 0.15) is 17.5 Å². The summed E-state index contributed by atoms with van der Waals surface area (Å²) >= 11 is 0. The second-order valence-electron chi connectivity index (χ2n) is 4.01. The molecule has 0 aromatic heterocycles. The summed E-state index contributed by atoms with van der Waals surface area (Å²) in [5.74, 6) is 0.764. The first-order valence-electron chi connectivity index (χ1n) is 6.22. The van der Waals surface area contributed by atoms with Crippen LogP contribution in [0.5, 0.6) is 0 Å². The van der Waals surface area contributed by atoms with Gasteiger partial charge in [0.25, 0.3) is 0 Å². The lowest BCUT2D eigenvalue weighted by atomic mass is 10.1. The van der Waals surface area contributed by atoms with Gasteiger partial charge in [-0.05, 0) is 24.1 Å². The van der Waals surface area contributed by atoms with Crippen LogP contribution in [0.3, 0.4) is 0 Å². The third-order valence-electron chi connectivity index (χ3n) is 2.58. The van der Waals surface area contributed by atoms with Crippen LogP contribution in [0.2, 0.25) is 0 Å². The van der Waals surface area contributed by atoms with Crippen LogP contribution < -0.4 is 10.6 Å². The van der Waals surface area contributed by atoms with Gasteiger partial charge >= 0.3 is 0 Å². The average Bonchev–Trinajstić information content (AvgIpc) is 2.47. The van der Waals surface area contributed by atoms with Crippen molar-refractivity contribution in [3.8, 4) is 6.07 Å². The Hall–Kier alpha value is -1.33. The maximum absolute atomic E-state index is 8.72. The van der Waals surface area contributed by atoms with Gasteiger partial charge in [-0.25, -0.2) is 0 Å². The van der Waals surface area contributed by atoms with Crippen LogP contribution in [-0.2, 0) is 11.3 Å². The molecule has 0 saturated heterocycles. The summed E-state index contributed by atoms with van der Waals surface area (Å²) in [4.78, 5) is 4.14. The van der Waals surface area contributed by atoms with Gasteiger partial charge in [0.2, 0.25) is 0 Å². The Kier molecular flexibility index (Phi) is 10.7. The number of nitrogens with one attached hydrogen (secondary N) is 2. The molecule has 0 spiro atoms. The molecule has 0 heterocycles. The van der Waals surface area contributed by atoms with E-state index in [1.54, 1.807) is 14.2 Å². The number of methoxy groups -OCH3 is 1. The van der Waals surface area contributed by atoms with E-state index >= 15 is 0 Å². The molecule has 0 fully saturated rings. The summed E-state index contributed by atoms with van der Waals surface area (Å²) in [6.45, 7) is 2.23. The lowest BCUT2D eigenvalue weighted by Crippen LogP contribution is -2.37. The third-order valence-corrected chi connectivity index (χ3v) is 2.58. The first-order valence-corrected chi connectivity index (χ1v) is 6.22. The standard InChI is InChI=1S/C14H20N4O.HI/c1-16-14(17-8-3-9-19-2)18-11-13-6-4-12(10-15)5-7-13;/h4-7H,3,8-9,11H2,1-2H3,(H2,16,17,18);1H. The van der Waals surface area contributed by atoms with Crippen LogP contribution in [0.25, 0.3) is 0 Å². The highest BCUT2D eigenvalue weighted by molar-refractivity contribution is 14.0. The molecule has 0 unspecified atom stereocenters. The van der Waals surface area contributed by atoms with Gasteiger partial charge in [-0.2, -0.15) is 5.26 Å². The Morgan fingerprint density at radius 3 is 2.55 bits per heavy atom. The molecular weight excluding hydrogens is 367 g/mol. The van der Waals surface area contributed by atoms with Gasteiger partial charge in [-0.15, -0.1) is 24.0 Å². The third kappa shape index (κ3) is 7.31. The summed E-state index contributed by atoms with van der Waals surface area (Å²) in [7, 11) is 3.43. The predicted octanol–water partition coefficient (Wildman–Crippen LogP) is 1.88. The van der Waals surface area contributed by atoms with E-state index in [0.717, 1.165) is 31.1 Å². The fourth-order valence-corrected chi connectivity index (χ4v) is 1.53. The molecule has 0 aliphatic carbocycles. The van der Waals surface area contributed by atoms with E-state index in [1.807, 2.05) is 24.3 Å². The van der Waals surface area contributed by atoms with E-state index in [1.165, 1.54) is 0 Å². The quantitative estimate of drug-likeness (QED) is 0.338. The molecule has 2 N–H and O–H groups in total. The van der Waals surface area contributed by atoms with Gasteiger partial charge in [0, 0.05) is 33.9 Å². The zero-order chi connectivity index (χ0) is 13.9. The molecule has 110 valence electrons. The second-order valence-corrected chi connectivity index (χ2v) is 4.01. The van der Waals surface area contributed by atoms with Crippen molar-refractivity contribution >= 4 is 29.9 Å². The molecule has 20 heavy (non-hydrogen) atoms. The smallest absolute Gasteiger partial charge is 0.191 e. The fraction of sp³-hybridized carbons (Fsp3) is 0.429. The summed E-state index contributed by atoms with van der Waals surface area (Å²) in [6, 6.07) is 9.59. The van der Waals surface area contributed by atoms with Gasteiger partial charge in [0.05, 0.1) is 11.6 Å². The first-order chi connectivity index (χ1) is 9.30. The minimum atomic E-state index is 0. The molecule has 0 bridgehead atoms. The van der Waals surface area contributed by atoms with Crippen LogP contribution >= 0.6 is 24.0 Å². The molecule has 0 atom stereocenters. The van der Waals surface area contributed by atoms with Gasteiger partial charge in [-0.3, -0.25) is 4.99 Å². The van der Waals surface area contributed by atoms with Crippen LogP contribution in [0.4, 0.5) is 0 Å². The van der Waals surface area contributed by atoms with Gasteiger partial charge in [0.1, 0.15) is 0 Å². The number of nitrogens with zero attached hydrogens (tertiary/aromatic N) is 2. The van der Waals surface area contributed by atoms with E-state index < -0.39 is 0 Å². The topological polar surface area (TPSA) is 69.4 Å². The Bertz CT molecular complexity index is 439. The molecule has 1 aromatic carbocycles. The Balaban J connectivity index is 0.00000361. The van der Waals surface area contributed by atoms with Crippen LogP contribution in [-0.4, -0.2) is 33.3 Å². The number of hydrogen-bond donors (Lipinski definition) is 2. The highest BCUT2D eigenvalue weighted by Crippen LogP contribution is 2.02. The number of halogens is 1. The van der Waals surface area contributed by atoms with Crippen molar-refractivity contribution in [1.29, 1.82) is 5.26 Å². The maximum atomic E-state index is 8.72. The highest BCUT2D eigenvalue weighted by Gasteiger charge is 1.98. The van der Waals surface area contributed by atoms with Crippen molar-refractivity contribution in [3.05, 3.63) is 35.4 Å². The zero-order valence-electron chi connectivity index (χ0n) is 11.8. The Morgan fingerprint density at radius 1 is 1.30 bits per heavy atom. The van der Waals surface area contributed by atoms with Gasteiger partial charge in [-0.1, -0.05) is 12.1 Å². The second kappa shape index (κ2) is 11.5. The van der Waals surface area contributed by atoms with E-state index in [4.69, 9.17) is 10.00 Å².